The first-order chi connectivity index (χ1) is 14.1. The second kappa shape index (κ2) is 8.57. The monoisotopic (exact) mass is 409 g/mol. The fourth-order valence-corrected chi connectivity index (χ4v) is 4.37. The Balaban J connectivity index is 1.31. The highest BCUT2D eigenvalue weighted by atomic mass is 32.1. The average molecular weight is 410 g/mol. The van der Waals surface area contributed by atoms with Gasteiger partial charge < -0.3 is 9.80 Å². The molecule has 0 bridgehead atoms. The van der Waals surface area contributed by atoms with Crippen molar-refractivity contribution in [3.8, 4) is 0 Å². The van der Waals surface area contributed by atoms with E-state index in [1.54, 1.807) is 19.3 Å². The number of amides is 1. The maximum atomic E-state index is 12.3. The summed E-state index contributed by atoms with van der Waals surface area (Å²) in [7, 11) is 0. The Hall–Kier alpha value is -3.00. The van der Waals surface area contributed by atoms with Crippen LogP contribution in [0.3, 0.4) is 0 Å². The van der Waals surface area contributed by atoms with Crippen LogP contribution in [0.15, 0.2) is 49.2 Å². The lowest BCUT2D eigenvalue weighted by molar-refractivity contribution is -0.129. The van der Waals surface area contributed by atoms with Gasteiger partial charge in [0.15, 0.2) is 0 Å². The molecule has 1 saturated heterocycles. The van der Waals surface area contributed by atoms with E-state index in [1.807, 2.05) is 23.2 Å². The standard InChI is InChI=1S/C21H23N5O2S/c1-16(27)24-10-12-25(13-11-24)18-4-2-17(23-14-18)3-5-19-6-7-20(29-19)21(28)26-9-8-22-15-26/h2,4,6-9,14-15H,3,5,10-13H2,1H3. The van der Waals surface area contributed by atoms with Crippen molar-refractivity contribution < 1.29 is 9.59 Å². The zero-order valence-corrected chi connectivity index (χ0v) is 17.1. The van der Waals surface area contributed by atoms with Gasteiger partial charge in [-0.05, 0) is 37.1 Å². The van der Waals surface area contributed by atoms with Crippen LogP contribution in [0.5, 0.6) is 0 Å². The molecule has 150 valence electrons. The molecule has 1 aliphatic heterocycles. The summed E-state index contributed by atoms with van der Waals surface area (Å²) in [5.74, 6) is 0.0904. The molecule has 0 spiro atoms. The lowest BCUT2D eigenvalue weighted by Gasteiger charge is -2.35. The number of anilines is 1. The minimum Gasteiger partial charge on any atom is -0.367 e. The first-order valence-corrected chi connectivity index (χ1v) is 10.5. The van der Waals surface area contributed by atoms with Gasteiger partial charge in [-0.15, -0.1) is 11.3 Å². The second-order valence-electron chi connectivity index (χ2n) is 7.04. The van der Waals surface area contributed by atoms with E-state index in [9.17, 15) is 9.59 Å². The number of piperazine rings is 1. The molecule has 0 saturated carbocycles. The van der Waals surface area contributed by atoms with Crippen molar-refractivity contribution in [3.63, 3.8) is 0 Å². The molecular formula is C21H23N5O2S. The van der Waals surface area contributed by atoms with E-state index in [1.165, 1.54) is 27.1 Å². The molecule has 1 aliphatic rings. The molecule has 0 atom stereocenters. The third kappa shape index (κ3) is 4.54. The number of aromatic nitrogens is 3. The number of rotatable bonds is 5. The molecule has 1 amide bonds. The van der Waals surface area contributed by atoms with Crippen LogP contribution in [0.25, 0.3) is 0 Å². The lowest BCUT2D eigenvalue weighted by Crippen LogP contribution is -2.48. The fraction of sp³-hybridized carbons (Fsp3) is 0.333. The van der Waals surface area contributed by atoms with E-state index >= 15 is 0 Å². The summed E-state index contributed by atoms with van der Waals surface area (Å²) in [4.78, 5) is 38.3. The van der Waals surface area contributed by atoms with E-state index in [0.717, 1.165) is 50.4 Å². The third-order valence-corrected chi connectivity index (χ3v) is 6.27. The second-order valence-corrected chi connectivity index (χ2v) is 8.21. The maximum absolute atomic E-state index is 12.3. The van der Waals surface area contributed by atoms with Crippen molar-refractivity contribution in [1.82, 2.24) is 19.4 Å². The predicted octanol–water partition coefficient (Wildman–Crippen LogP) is 2.48. The van der Waals surface area contributed by atoms with Crippen molar-refractivity contribution in [2.75, 3.05) is 31.1 Å². The molecule has 8 heteroatoms. The van der Waals surface area contributed by atoms with Gasteiger partial charge in [-0.2, -0.15) is 0 Å². The van der Waals surface area contributed by atoms with E-state index < -0.39 is 0 Å². The van der Waals surface area contributed by atoms with Crippen molar-refractivity contribution in [2.45, 2.75) is 19.8 Å². The quantitative estimate of drug-likeness (QED) is 0.647. The molecule has 0 aromatic carbocycles. The van der Waals surface area contributed by atoms with Crippen LogP contribution in [0, 0.1) is 0 Å². The number of hydrogen-bond acceptors (Lipinski definition) is 6. The van der Waals surface area contributed by atoms with Crippen molar-refractivity contribution in [1.29, 1.82) is 0 Å². The summed E-state index contributed by atoms with van der Waals surface area (Å²) in [6, 6.07) is 8.06. The van der Waals surface area contributed by atoms with Crippen LogP contribution in [0.1, 0.15) is 27.2 Å². The summed E-state index contributed by atoms with van der Waals surface area (Å²) in [5.41, 5.74) is 2.13. The zero-order chi connectivity index (χ0) is 20.2. The SMILES string of the molecule is CC(=O)N1CCN(c2ccc(CCc3ccc(C(=O)n4ccnc4)s3)nc2)CC1. The lowest BCUT2D eigenvalue weighted by atomic mass is 10.2. The van der Waals surface area contributed by atoms with Gasteiger partial charge in [0.2, 0.25) is 5.91 Å². The molecule has 4 heterocycles. The van der Waals surface area contributed by atoms with Crippen LogP contribution >= 0.6 is 11.3 Å². The molecule has 29 heavy (non-hydrogen) atoms. The minimum absolute atomic E-state index is 0.0499. The summed E-state index contributed by atoms with van der Waals surface area (Å²) < 4.78 is 1.49. The highest BCUT2D eigenvalue weighted by Crippen LogP contribution is 2.21. The summed E-state index contributed by atoms with van der Waals surface area (Å²) in [6.45, 7) is 4.81. The molecule has 7 nitrogen and oxygen atoms in total. The highest BCUT2D eigenvalue weighted by Gasteiger charge is 2.19. The van der Waals surface area contributed by atoms with Crippen molar-refractivity contribution >= 4 is 28.8 Å². The highest BCUT2D eigenvalue weighted by molar-refractivity contribution is 7.14. The first-order valence-electron chi connectivity index (χ1n) is 9.67. The van der Waals surface area contributed by atoms with Gasteiger partial charge in [0, 0.05) is 56.1 Å². The molecule has 0 radical (unpaired) electrons. The fourth-order valence-electron chi connectivity index (χ4n) is 3.42. The third-order valence-electron chi connectivity index (χ3n) is 5.14. The van der Waals surface area contributed by atoms with Gasteiger partial charge in [0.05, 0.1) is 16.8 Å². The largest absolute Gasteiger partial charge is 0.367 e. The number of aryl methyl sites for hydroxylation is 2. The van der Waals surface area contributed by atoms with Gasteiger partial charge in [0.25, 0.3) is 5.91 Å². The van der Waals surface area contributed by atoms with E-state index in [-0.39, 0.29) is 11.8 Å². The van der Waals surface area contributed by atoms with Gasteiger partial charge in [-0.25, -0.2) is 4.98 Å². The van der Waals surface area contributed by atoms with E-state index in [2.05, 4.69) is 27.0 Å². The minimum atomic E-state index is -0.0499. The zero-order valence-electron chi connectivity index (χ0n) is 16.3. The van der Waals surface area contributed by atoms with Gasteiger partial charge in [-0.1, -0.05) is 0 Å². The summed E-state index contributed by atoms with van der Waals surface area (Å²) in [5, 5.41) is 0. The van der Waals surface area contributed by atoms with Crippen LogP contribution in [-0.2, 0) is 17.6 Å². The number of hydrogen-bond donors (Lipinski definition) is 0. The topological polar surface area (TPSA) is 71.3 Å². The molecule has 3 aromatic heterocycles. The number of thiophene rings is 1. The molecule has 0 aliphatic carbocycles. The van der Waals surface area contributed by atoms with Crippen LogP contribution in [0.4, 0.5) is 5.69 Å². The Kier molecular flexibility index (Phi) is 5.71. The Labute approximate surface area is 173 Å². The van der Waals surface area contributed by atoms with Gasteiger partial charge in [0.1, 0.15) is 6.33 Å². The van der Waals surface area contributed by atoms with E-state index in [0.29, 0.717) is 4.88 Å². The smallest absolute Gasteiger partial charge is 0.273 e. The molecule has 3 aromatic rings. The number of nitrogens with zero attached hydrogens (tertiary/aromatic N) is 5. The predicted molar refractivity (Wildman–Crippen MR) is 112 cm³/mol. The Bertz CT molecular complexity index is 973. The summed E-state index contributed by atoms with van der Waals surface area (Å²) >= 11 is 1.52. The van der Waals surface area contributed by atoms with Gasteiger partial charge >= 0.3 is 0 Å². The Morgan fingerprint density at radius 3 is 2.55 bits per heavy atom. The van der Waals surface area contributed by atoms with E-state index in [4.69, 9.17) is 0 Å². The Morgan fingerprint density at radius 2 is 1.90 bits per heavy atom. The number of pyridine rings is 1. The molecule has 0 N–H and O–H groups in total. The van der Waals surface area contributed by atoms with Crippen LogP contribution in [0.2, 0.25) is 0 Å². The van der Waals surface area contributed by atoms with Crippen LogP contribution in [-0.4, -0.2) is 57.4 Å². The number of carbonyl (C=O) groups excluding carboxylic acids is 2. The normalized spacial score (nSPS) is 14.2. The Morgan fingerprint density at radius 1 is 1.07 bits per heavy atom. The molecular weight excluding hydrogens is 386 g/mol. The van der Waals surface area contributed by atoms with Gasteiger partial charge in [-0.3, -0.25) is 19.1 Å². The number of imidazole rings is 1. The van der Waals surface area contributed by atoms with Crippen LogP contribution < -0.4 is 4.90 Å². The number of carbonyl (C=O) groups is 2. The summed E-state index contributed by atoms with van der Waals surface area (Å²) in [6.07, 6.45) is 8.38. The maximum Gasteiger partial charge on any atom is 0.273 e. The first kappa shape index (κ1) is 19.3. The average Bonchev–Trinajstić information content (AvgIpc) is 3.45. The molecule has 1 fully saturated rings. The molecule has 0 unspecified atom stereocenters. The molecule has 4 rings (SSSR count). The van der Waals surface area contributed by atoms with Crippen molar-refractivity contribution in [3.05, 3.63) is 64.6 Å². The van der Waals surface area contributed by atoms with Crippen molar-refractivity contribution in [2.24, 2.45) is 0 Å².